The maximum Gasteiger partial charge on any atom is 0.321 e. The summed E-state index contributed by atoms with van der Waals surface area (Å²) in [6.45, 7) is 4.43. The molecule has 2 aromatic rings. The number of rotatable bonds is 8. The van der Waals surface area contributed by atoms with Gasteiger partial charge < -0.3 is 15.0 Å². The molecule has 2 aromatic carbocycles. The van der Waals surface area contributed by atoms with Gasteiger partial charge in [0.1, 0.15) is 12.4 Å². The van der Waals surface area contributed by atoms with Crippen LogP contribution in [0.1, 0.15) is 18.1 Å². The van der Waals surface area contributed by atoms with Crippen molar-refractivity contribution >= 4 is 17.6 Å². The van der Waals surface area contributed by atoms with Gasteiger partial charge in [0.2, 0.25) is 5.91 Å². The normalized spacial score (nSPS) is 13.4. The van der Waals surface area contributed by atoms with Crippen molar-refractivity contribution in [2.75, 3.05) is 38.2 Å². The molecule has 3 rings (SSSR count). The van der Waals surface area contributed by atoms with Crippen LogP contribution in [0.5, 0.6) is 5.75 Å². The molecule has 0 aromatic heterocycles. The van der Waals surface area contributed by atoms with Crippen LogP contribution in [0.15, 0.2) is 48.5 Å². The van der Waals surface area contributed by atoms with Crippen molar-refractivity contribution < 1.29 is 14.3 Å². The minimum atomic E-state index is -0.0760. The molecule has 0 bridgehead atoms. The lowest BCUT2D eigenvalue weighted by Gasteiger charge is -2.18. The third-order valence-electron chi connectivity index (χ3n) is 4.91. The van der Waals surface area contributed by atoms with Gasteiger partial charge in [0.05, 0.1) is 13.0 Å². The fourth-order valence-corrected chi connectivity index (χ4v) is 3.07. The predicted octanol–water partition coefficient (Wildman–Crippen LogP) is 2.86. The number of benzene rings is 2. The molecule has 1 aliphatic heterocycles. The summed E-state index contributed by atoms with van der Waals surface area (Å²) >= 11 is 0. The molecule has 28 heavy (non-hydrogen) atoms. The first kappa shape index (κ1) is 19.7. The highest BCUT2D eigenvalue weighted by molar-refractivity contribution is 5.94. The first-order valence-electron chi connectivity index (χ1n) is 9.67. The molecule has 0 saturated carbocycles. The van der Waals surface area contributed by atoms with Crippen LogP contribution in [0.2, 0.25) is 0 Å². The predicted molar refractivity (Wildman–Crippen MR) is 110 cm³/mol. The highest BCUT2D eigenvalue weighted by Crippen LogP contribution is 2.18. The van der Waals surface area contributed by atoms with Crippen LogP contribution in [0.25, 0.3) is 0 Å². The fourth-order valence-electron chi connectivity index (χ4n) is 3.07. The van der Waals surface area contributed by atoms with Crippen molar-refractivity contribution in [3.63, 3.8) is 0 Å². The van der Waals surface area contributed by atoms with Crippen LogP contribution in [-0.2, 0) is 17.6 Å². The molecule has 0 aliphatic carbocycles. The molecule has 1 N–H and O–H groups in total. The average Bonchev–Trinajstić information content (AvgIpc) is 3.15. The molecule has 1 fully saturated rings. The molecule has 1 heterocycles. The lowest BCUT2D eigenvalue weighted by Crippen LogP contribution is -2.32. The van der Waals surface area contributed by atoms with Gasteiger partial charge in [-0.25, -0.2) is 4.79 Å². The first-order chi connectivity index (χ1) is 13.6. The second-order valence-corrected chi connectivity index (χ2v) is 6.89. The molecule has 1 aliphatic rings. The summed E-state index contributed by atoms with van der Waals surface area (Å²) in [6.07, 6.45) is 1.33. The summed E-state index contributed by atoms with van der Waals surface area (Å²) in [5, 5.41) is 2.78. The third-order valence-corrected chi connectivity index (χ3v) is 4.91. The van der Waals surface area contributed by atoms with E-state index >= 15 is 0 Å². The number of carbonyl (C=O) groups excluding carboxylic acids is 2. The van der Waals surface area contributed by atoms with Crippen LogP contribution in [0, 0.1) is 0 Å². The van der Waals surface area contributed by atoms with E-state index in [2.05, 4.69) is 24.4 Å². The van der Waals surface area contributed by atoms with Gasteiger partial charge in [-0.2, -0.15) is 0 Å². The number of aryl methyl sites for hydroxylation is 1. The van der Waals surface area contributed by atoms with E-state index in [1.807, 2.05) is 36.4 Å². The van der Waals surface area contributed by atoms with Gasteiger partial charge in [0.15, 0.2) is 0 Å². The highest BCUT2D eigenvalue weighted by atomic mass is 16.5. The van der Waals surface area contributed by atoms with E-state index in [0.29, 0.717) is 32.7 Å². The Morgan fingerprint density at radius 3 is 2.39 bits per heavy atom. The molecule has 6 nitrogen and oxygen atoms in total. The number of nitrogens with zero attached hydrogens (tertiary/aromatic N) is 2. The summed E-state index contributed by atoms with van der Waals surface area (Å²) in [5.74, 6) is 0.858. The number of urea groups is 1. The minimum Gasteiger partial charge on any atom is -0.492 e. The summed E-state index contributed by atoms with van der Waals surface area (Å²) < 4.78 is 5.72. The number of nitrogens with one attached hydrogen (secondary N) is 1. The summed E-state index contributed by atoms with van der Waals surface area (Å²) in [5.41, 5.74) is 3.05. The molecule has 0 spiro atoms. The molecular formula is C22H27N3O3. The number of amides is 3. The number of carbonyl (C=O) groups is 2. The van der Waals surface area contributed by atoms with Crippen molar-refractivity contribution in [1.29, 1.82) is 0 Å². The summed E-state index contributed by atoms with van der Waals surface area (Å²) in [7, 11) is 1.79. The Labute approximate surface area is 166 Å². The van der Waals surface area contributed by atoms with Crippen molar-refractivity contribution in [3.8, 4) is 5.75 Å². The largest absolute Gasteiger partial charge is 0.492 e. The summed E-state index contributed by atoms with van der Waals surface area (Å²) in [6, 6.07) is 15.5. The van der Waals surface area contributed by atoms with E-state index in [1.165, 1.54) is 5.56 Å². The van der Waals surface area contributed by atoms with Crippen LogP contribution in [0.4, 0.5) is 10.5 Å². The fraction of sp³-hybridized carbons (Fsp3) is 0.364. The Kier molecular flexibility index (Phi) is 6.53. The maximum absolute atomic E-state index is 12.4. The van der Waals surface area contributed by atoms with Gasteiger partial charge in [-0.05, 0) is 41.8 Å². The van der Waals surface area contributed by atoms with E-state index in [4.69, 9.17) is 4.74 Å². The monoisotopic (exact) mass is 381 g/mol. The zero-order valence-corrected chi connectivity index (χ0v) is 16.5. The summed E-state index contributed by atoms with van der Waals surface area (Å²) in [4.78, 5) is 27.5. The van der Waals surface area contributed by atoms with Crippen molar-refractivity contribution in [2.24, 2.45) is 0 Å². The van der Waals surface area contributed by atoms with Gasteiger partial charge >= 0.3 is 6.03 Å². The minimum absolute atomic E-state index is 0.0385. The Bertz CT molecular complexity index is 803. The Morgan fingerprint density at radius 1 is 1.11 bits per heavy atom. The molecule has 0 unspecified atom stereocenters. The third kappa shape index (κ3) is 5.03. The van der Waals surface area contributed by atoms with Gasteiger partial charge in [0, 0.05) is 25.8 Å². The van der Waals surface area contributed by atoms with Gasteiger partial charge in [-0.15, -0.1) is 0 Å². The Balaban J connectivity index is 1.45. The van der Waals surface area contributed by atoms with Crippen molar-refractivity contribution in [2.45, 2.75) is 19.8 Å². The van der Waals surface area contributed by atoms with Crippen LogP contribution in [0.3, 0.4) is 0 Å². The number of likely N-dealkylation sites (N-methyl/N-ethyl adjacent to an activating group) is 1. The van der Waals surface area contributed by atoms with E-state index in [9.17, 15) is 9.59 Å². The lowest BCUT2D eigenvalue weighted by atomic mass is 10.1. The standard InChI is InChI=1S/C22H27N3O3/c1-3-17-6-10-20(11-7-17)28-15-14-24(2)21(26)16-18-4-8-19(9-5-18)25-13-12-23-22(25)27/h4-11H,3,12-16H2,1-2H3,(H,23,27). The van der Waals surface area contributed by atoms with Crippen LogP contribution in [-0.4, -0.2) is 50.1 Å². The van der Waals surface area contributed by atoms with Gasteiger partial charge in [0.25, 0.3) is 0 Å². The van der Waals surface area contributed by atoms with E-state index in [-0.39, 0.29) is 11.9 Å². The molecule has 6 heteroatoms. The second kappa shape index (κ2) is 9.26. The quantitative estimate of drug-likeness (QED) is 0.765. The molecule has 148 valence electrons. The Hall–Kier alpha value is -3.02. The van der Waals surface area contributed by atoms with Crippen LogP contribution >= 0.6 is 0 Å². The van der Waals surface area contributed by atoms with E-state index in [0.717, 1.165) is 23.4 Å². The van der Waals surface area contributed by atoms with Gasteiger partial charge in [-0.3, -0.25) is 9.69 Å². The zero-order valence-electron chi connectivity index (χ0n) is 16.5. The molecule has 1 saturated heterocycles. The zero-order chi connectivity index (χ0) is 19.9. The highest BCUT2D eigenvalue weighted by Gasteiger charge is 2.21. The topological polar surface area (TPSA) is 61.9 Å². The number of hydrogen-bond donors (Lipinski definition) is 1. The molecule has 0 radical (unpaired) electrons. The first-order valence-corrected chi connectivity index (χ1v) is 9.67. The van der Waals surface area contributed by atoms with Crippen LogP contribution < -0.4 is 15.0 Å². The molecule has 3 amide bonds. The maximum atomic E-state index is 12.4. The second-order valence-electron chi connectivity index (χ2n) is 6.89. The number of ether oxygens (including phenoxy) is 1. The molecular weight excluding hydrogens is 354 g/mol. The average molecular weight is 381 g/mol. The lowest BCUT2D eigenvalue weighted by molar-refractivity contribution is -0.129. The smallest absolute Gasteiger partial charge is 0.321 e. The number of anilines is 1. The van der Waals surface area contributed by atoms with Crippen molar-refractivity contribution in [3.05, 3.63) is 59.7 Å². The van der Waals surface area contributed by atoms with E-state index in [1.54, 1.807) is 16.8 Å². The van der Waals surface area contributed by atoms with E-state index < -0.39 is 0 Å². The Morgan fingerprint density at radius 2 is 1.79 bits per heavy atom. The SMILES string of the molecule is CCc1ccc(OCCN(C)C(=O)Cc2ccc(N3CCNC3=O)cc2)cc1. The van der Waals surface area contributed by atoms with Gasteiger partial charge in [-0.1, -0.05) is 31.2 Å². The van der Waals surface area contributed by atoms with Crippen molar-refractivity contribution in [1.82, 2.24) is 10.2 Å². The number of hydrogen-bond acceptors (Lipinski definition) is 3. The molecule has 0 atom stereocenters.